The van der Waals surface area contributed by atoms with E-state index in [0.717, 1.165) is 0 Å². The summed E-state index contributed by atoms with van der Waals surface area (Å²) in [6.45, 7) is 0. The van der Waals surface area contributed by atoms with Crippen molar-refractivity contribution in [2.75, 3.05) is 17.4 Å². The van der Waals surface area contributed by atoms with Crippen LogP contribution in [0.1, 0.15) is 12.8 Å². The summed E-state index contributed by atoms with van der Waals surface area (Å²) in [7, 11) is 1.56. The number of methoxy groups -OCH3 is 1. The predicted molar refractivity (Wildman–Crippen MR) is 97.2 cm³/mol. The van der Waals surface area contributed by atoms with E-state index in [1.54, 1.807) is 55.6 Å². The maximum atomic E-state index is 12.5. The van der Waals surface area contributed by atoms with Crippen molar-refractivity contribution < 1.29 is 14.3 Å². The molecule has 6 nitrogen and oxygen atoms in total. The second-order valence-corrected chi connectivity index (χ2v) is 5.85. The van der Waals surface area contributed by atoms with Gasteiger partial charge in [0.25, 0.3) is 5.91 Å². The van der Waals surface area contributed by atoms with Crippen LogP contribution < -0.4 is 15.1 Å². The Labute approximate surface area is 150 Å². The van der Waals surface area contributed by atoms with Crippen LogP contribution in [0.4, 0.5) is 11.4 Å². The van der Waals surface area contributed by atoms with Crippen LogP contribution in [0.5, 0.6) is 5.75 Å². The molecular weight excluding hydrogens is 342 g/mol. The van der Waals surface area contributed by atoms with Crippen LogP contribution in [0.2, 0.25) is 5.02 Å². The summed E-state index contributed by atoms with van der Waals surface area (Å²) in [6, 6.07) is 13.7. The lowest BCUT2D eigenvalue weighted by Gasteiger charge is -2.23. The number of amides is 2. The number of nitrogens with zero attached hydrogens (tertiary/aromatic N) is 2. The van der Waals surface area contributed by atoms with Gasteiger partial charge < -0.3 is 10.1 Å². The molecule has 0 saturated carbocycles. The van der Waals surface area contributed by atoms with Gasteiger partial charge in [0.1, 0.15) is 11.5 Å². The van der Waals surface area contributed by atoms with Crippen molar-refractivity contribution in [2.24, 2.45) is 5.10 Å². The first-order valence-corrected chi connectivity index (χ1v) is 8.06. The van der Waals surface area contributed by atoms with Crippen LogP contribution in [-0.4, -0.2) is 24.6 Å². The molecule has 0 atom stereocenters. The molecule has 7 heteroatoms. The summed E-state index contributed by atoms with van der Waals surface area (Å²) in [5.74, 6) is 0.126. The minimum Gasteiger partial charge on any atom is -0.497 e. The minimum absolute atomic E-state index is 0.166. The van der Waals surface area contributed by atoms with Gasteiger partial charge in [-0.3, -0.25) is 9.59 Å². The Morgan fingerprint density at radius 2 is 1.96 bits per heavy atom. The zero-order valence-corrected chi connectivity index (χ0v) is 14.3. The van der Waals surface area contributed by atoms with Crippen LogP contribution >= 0.6 is 11.6 Å². The Morgan fingerprint density at radius 1 is 1.20 bits per heavy atom. The fourth-order valence-corrected chi connectivity index (χ4v) is 2.53. The van der Waals surface area contributed by atoms with Crippen LogP contribution in [0.25, 0.3) is 0 Å². The molecule has 2 amide bonds. The highest BCUT2D eigenvalue weighted by Crippen LogP contribution is 2.23. The summed E-state index contributed by atoms with van der Waals surface area (Å²) in [5.41, 5.74) is 1.46. The molecule has 1 aliphatic rings. The Balaban J connectivity index is 1.80. The van der Waals surface area contributed by atoms with Gasteiger partial charge in [-0.1, -0.05) is 17.7 Å². The number of benzene rings is 2. The number of anilines is 2. The van der Waals surface area contributed by atoms with E-state index in [-0.39, 0.29) is 23.9 Å². The van der Waals surface area contributed by atoms with Gasteiger partial charge in [-0.15, -0.1) is 0 Å². The van der Waals surface area contributed by atoms with Crippen LogP contribution in [0.15, 0.2) is 53.6 Å². The molecule has 1 heterocycles. The van der Waals surface area contributed by atoms with Crippen molar-refractivity contribution in [2.45, 2.75) is 12.8 Å². The lowest BCUT2D eigenvalue weighted by Crippen LogP contribution is -2.36. The van der Waals surface area contributed by atoms with Crippen molar-refractivity contribution in [3.8, 4) is 5.75 Å². The molecule has 0 aliphatic carbocycles. The van der Waals surface area contributed by atoms with E-state index in [9.17, 15) is 9.59 Å². The van der Waals surface area contributed by atoms with E-state index < -0.39 is 0 Å². The van der Waals surface area contributed by atoms with Crippen molar-refractivity contribution in [1.82, 2.24) is 0 Å². The number of rotatable bonds is 4. The topological polar surface area (TPSA) is 71.0 Å². The molecule has 0 radical (unpaired) electrons. The van der Waals surface area contributed by atoms with Crippen molar-refractivity contribution in [1.29, 1.82) is 0 Å². The molecule has 0 spiro atoms. The molecule has 1 aliphatic heterocycles. The zero-order valence-electron chi connectivity index (χ0n) is 13.5. The Kier molecular flexibility index (Phi) is 5.00. The Bertz CT molecular complexity index is 834. The first-order valence-electron chi connectivity index (χ1n) is 7.68. The summed E-state index contributed by atoms with van der Waals surface area (Å²) < 4.78 is 5.14. The zero-order chi connectivity index (χ0) is 17.8. The normalized spacial score (nSPS) is 14.1. The molecular formula is C18H16ClN3O3. The largest absolute Gasteiger partial charge is 0.497 e. The Hall–Kier alpha value is -2.86. The number of ether oxygens (including phenoxy) is 1. The van der Waals surface area contributed by atoms with Crippen LogP contribution in [-0.2, 0) is 9.59 Å². The van der Waals surface area contributed by atoms with E-state index >= 15 is 0 Å². The highest BCUT2D eigenvalue weighted by atomic mass is 35.5. The predicted octanol–water partition coefficient (Wildman–Crippen LogP) is 3.47. The second-order valence-electron chi connectivity index (χ2n) is 5.41. The molecule has 2 aromatic carbocycles. The first kappa shape index (κ1) is 17.0. The number of carbonyl (C=O) groups is 2. The molecule has 25 heavy (non-hydrogen) atoms. The molecule has 3 rings (SSSR count). The third-order valence-corrected chi connectivity index (χ3v) is 3.95. The highest BCUT2D eigenvalue weighted by Gasteiger charge is 2.25. The van der Waals surface area contributed by atoms with E-state index in [4.69, 9.17) is 16.3 Å². The van der Waals surface area contributed by atoms with Crippen molar-refractivity contribution in [3.63, 3.8) is 0 Å². The standard InChI is InChI=1S/C18H16ClN3O3/c1-25-15-4-2-3-13(11-15)20-18(24)16-9-10-17(23)22(21-16)14-7-5-12(19)6-8-14/h2-8,11H,9-10H2,1H3,(H,20,24). The van der Waals surface area contributed by atoms with E-state index in [1.807, 2.05) is 0 Å². The average molecular weight is 358 g/mol. The van der Waals surface area contributed by atoms with Gasteiger partial charge in [-0.25, -0.2) is 5.01 Å². The van der Waals surface area contributed by atoms with Gasteiger partial charge in [-0.2, -0.15) is 5.10 Å². The van der Waals surface area contributed by atoms with E-state index in [0.29, 0.717) is 28.6 Å². The lowest BCUT2D eigenvalue weighted by molar-refractivity contribution is -0.118. The maximum absolute atomic E-state index is 12.5. The monoisotopic (exact) mass is 357 g/mol. The number of hydrogen-bond acceptors (Lipinski definition) is 4. The molecule has 128 valence electrons. The summed E-state index contributed by atoms with van der Waals surface area (Å²) in [6.07, 6.45) is 0.506. The van der Waals surface area contributed by atoms with E-state index in [1.165, 1.54) is 5.01 Å². The quantitative estimate of drug-likeness (QED) is 0.910. The Morgan fingerprint density at radius 3 is 2.68 bits per heavy atom. The third kappa shape index (κ3) is 3.97. The minimum atomic E-state index is -0.347. The fourth-order valence-electron chi connectivity index (χ4n) is 2.40. The van der Waals surface area contributed by atoms with Gasteiger partial charge in [0, 0.05) is 29.6 Å². The molecule has 0 aromatic heterocycles. The number of hydrazone groups is 1. The van der Waals surface area contributed by atoms with E-state index in [2.05, 4.69) is 10.4 Å². The summed E-state index contributed by atoms with van der Waals surface area (Å²) >= 11 is 5.87. The molecule has 1 N–H and O–H groups in total. The summed E-state index contributed by atoms with van der Waals surface area (Å²) in [4.78, 5) is 24.6. The van der Waals surface area contributed by atoms with Gasteiger partial charge in [0.15, 0.2) is 0 Å². The molecule has 0 fully saturated rings. The van der Waals surface area contributed by atoms with Gasteiger partial charge >= 0.3 is 0 Å². The SMILES string of the molecule is COc1cccc(NC(=O)C2=NN(c3ccc(Cl)cc3)C(=O)CC2)c1. The number of nitrogens with one attached hydrogen (secondary N) is 1. The summed E-state index contributed by atoms with van der Waals surface area (Å²) in [5, 5.41) is 8.79. The number of carbonyl (C=O) groups excluding carboxylic acids is 2. The van der Waals surface area contributed by atoms with Crippen molar-refractivity contribution >= 4 is 40.5 Å². The molecule has 0 bridgehead atoms. The number of halogens is 1. The van der Waals surface area contributed by atoms with Crippen LogP contribution in [0, 0.1) is 0 Å². The van der Waals surface area contributed by atoms with Gasteiger partial charge in [-0.05, 0) is 36.4 Å². The van der Waals surface area contributed by atoms with Crippen molar-refractivity contribution in [3.05, 3.63) is 53.6 Å². The number of hydrogen-bond donors (Lipinski definition) is 1. The molecule has 2 aromatic rings. The smallest absolute Gasteiger partial charge is 0.271 e. The second kappa shape index (κ2) is 7.36. The fraction of sp³-hybridized carbons (Fsp3) is 0.167. The molecule has 0 saturated heterocycles. The van der Waals surface area contributed by atoms with Crippen LogP contribution in [0.3, 0.4) is 0 Å². The first-order chi connectivity index (χ1) is 12.1. The third-order valence-electron chi connectivity index (χ3n) is 3.69. The maximum Gasteiger partial charge on any atom is 0.271 e. The van der Waals surface area contributed by atoms with Gasteiger partial charge in [0.2, 0.25) is 5.91 Å². The molecule has 0 unspecified atom stereocenters. The lowest BCUT2D eigenvalue weighted by atomic mass is 10.1. The average Bonchev–Trinajstić information content (AvgIpc) is 2.63. The van der Waals surface area contributed by atoms with Gasteiger partial charge in [0.05, 0.1) is 12.8 Å². The highest BCUT2D eigenvalue weighted by molar-refractivity contribution is 6.44.